The average Bonchev–Trinajstić information content (AvgIpc) is 3.05. The van der Waals surface area contributed by atoms with Crippen LogP contribution in [0, 0.1) is 5.82 Å². The van der Waals surface area contributed by atoms with E-state index in [0.717, 1.165) is 43.5 Å². The quantitative estimate of drug-likeness (QED) is 0.570. The van der Waals surface area contributed by atoms with Gasteiger partial charge in [-0.05, 0) is 55.7 Å². The summed E-state index contributed by atoms with van der Waals surface area (Å²) in [5, 5.41) is 0. The zero-order valence-electron chi connectivity index (χ0n) is 18.9. The summed E-state index contributed by atoms with van der Waals surface area (Å²) in [7, 11) is -3.59. The maximum atomic E-state index is 13.5. The Labute approximate surface area is 198 Å². The third-order valence-corrected chi connectivity index (χ3v) is 8.49. The molecule has 3 heterocycles. The van der Waals surface area contributed by atoms with Crippen molar-refractivity contribution in [2.24, 2.45) is 0 Å². The number of rotatable bonds is 4. The predicted molar refractivity (Wildman–Crippen MR) is 126 cm³/mol. The molecule has 5 rings (SSSR count). The van der Waals surface area contributed by atoms with Gasteiger partial charge >= 0.3 is 0 Å². The van der Waals surface area contributed by atoms with Crippen LogP contribution in [-0.4, -0.2) is 59.3 Å². The molecule has 1 fully saturated rings. The summed E-state index contributed by atoms with van der Waals surface area (Å²) >= 11 is 0. The normalized spacial score (nSPS) is 17.3. The van der Waals surface area contributed by atoms with E-state index in [-0.39, 0.29) is 29.7 Å². The van der Waals surface area contributed by atoms with Gasteiger partial charge < -0.3 is 9.47 Å². The Morgan fingerprint density at radius 1 is 0.853 bits per heavy atom. The van der Waals surface area contributed by atoms with Crippen LogP contribution in [0.1, 0.15) is 35.4 Å². The highest BCUT2D eigenvalue weighted by Gasteiger charge is 2.33. The third-order valence-electron chi connectivity index (χ3n) is 6.58. The third kappa shape index (κ3) is 4.25. The van der Waals surface area contributed by atoms with Crippen molar-refractivity contribution in [2.75, 3.05) is 26.2 Å². The zero-order valence-corrected chi connectivity index (χ0v) is 19.7. The Morgan fingerprint density at radius 2 is 1.56 bits per heavy atom. The number of fused-ring (bicyclic) bond motifs is 1. The summed E-state index contributed by atoms with van der Waals surface area (Å²) in [4.78, 5) is 20.2. The first-order valence-corrected chi connectivity index (χ1v) is 13.1. The van der Waals surface area contributed by atoms with Crippen molar-refractivity contribution >= 4 is 15.9 Å². The van der Waals surface area contributed by atoms with Gasteiger partial charge in [-0.3, -0.25) is 4.79 Å². The molecule has 0 atom stereocenters. The van der Waals surface area contributed by atoms with Gasteiger partial charge in [-0.1, -0.05) is 24.6 Å². The molecular formula is C25H27FN4O3S. The number of hydrogen-bond acceptors (Lipinski definition) is 4. The van der Waals surface area contributed by atoms with Crippen LogP contribution in [0.4, 0.5) is 4.39 Å². The summed E-state index contributed by atoms with van der Waals surface area (Å²) in [5.74, 6) is 0.201. The van der Waals surface area contributed by atoms with Crippen molar-refractivity contribution in [1.82, 2.24) is 18.8 Å². The fourth-order valence-electron chi connectivity index (χ4n) is 4.73. The highest BCUT2D eigenvalue weighted by Crippen LogP contribution is 2.28. The SMILES string of the molecule is O=C(c1nc(-c2ccc(F)cc2)n2c1CCCCC2)N1CCN(S(=O)(=O)c2ccccc2)CC1. The van der Waals surface area contributed by atoms with Crippen LogP contribution in [0.5, 0.6) is 0 Å². The van der Waals surface area contributed by atoms with E-state index < -0.39 is 10.0 Å². The Hall–Kier alpha value is -3.04. The largest absolute Gasteiger partial charge is 0.335 e. The molecule has 2 aliphatic heterocycles. The van der Waals surface area contributed by atoms with Crippen molar-refractivity contribution in [2.45, 2.75) is 37.1 Å². The number of benzene rings is 2. The molecule has 7 nitrogen and oxygen atoms in total. The first kappa shape index (κ1) is 22.7. The van der Waals surface area contributed by atoms with Crippen molar-refractivity contribution < 1.29 is 17.6 Å². The standard InChI is InChI=1S/C25H27FN4O3S/c26-20-12-10-19(11-13-20)24-27-23(22-9-5-2-6-14-30(22)24)25(31)28-15-17-29(18-16-28)34(32,33)21-7-3-1-4-8-21/h1,3-4,7-8,10-13H,2,5-6,9,14-18H2. The lowest BCUT2D eigenvalue weighted by molar-refractivity contribution is 0.0691. The minimum atomic E-state index is -3.59. The minimum Gasteiger partial charge on any atom is -0.335 e. The van der Waals surface area contributed by atoms with Gasteiger partial charge in [-0.25, -0.2) is 17.8 Å². The van der Waals surface area contributed by atoms with E-state index in [4.69, 9.17) is 4.98 Å². The van der Waals surface area contributed by atoms with Crippen LogP contribution < -0.4 is 0 Å². The van der Waals surface area contributed by atoms with Gasteiger partial charge in [0.05, 0.1) is 10.6 Å². The smallest absolute Gasteiger partial charge is 0.274 e. The lowest BCUT2D eigenvalue weighted by Gasteiger charge is -2.33. The lowest BCUT2D eigenvalue weighted by atomic mass is 10.1. The van der Waals surface area contributed by atoms with E-state index in [2.05, 4.69) is 4.57 Å². The number of piperazine rings is 1. The molecule has 1 amide bonds. The van der Waals surface area contributed by atoms with Gasteiger partial charge in [0.1, 0.15) is 17.3 Å². The number of imidazole rings is 1. The van der Waals surface area contributed by atoms with Crippen LogP contribution in [0.15, 0.2) is 59.5 Å². The molecule has 0 aliphatic carbocycles. The Balaban J connectivity index is 1.39. The second-order valence-corrected chi connectivity index (χ2v) is 10.6. The molecule has 0 radical (unpaired) electrons. The topological polar surface area (TPSA) is 75.5 Å². The molecule has 2 aliphatic rings. The number of nitrogens with zero attached hydrogens (tertiary/aromatic N) is 4. The van der Waals surface area contributed by atoms with E-state index in [1.807, 2.05) is 0 Å². The van der Waals surface area contributed by atoms with E-state index in [1.165, 1.54) is 16.4 Å². The van der Waals surface area contributed by atoms with Crippen molar-refractivity contribution in [3.63, 3.8) is 0 Å². The van der Waals surface area contributed by atoms with Crippen molar-refractivity contribution in [3.05, 3.63) is 71.8 Å². The van der Waals surface area contributed by atoms with Crippen LogP contribution in [-0.2, 0) is 23.0 Å². The predicted octanol–water partition coefficient (Wildman–Crippen LogP) is 3.56. The molecule has 178 valence electrons. The van der Waals surface area contributed by atoms with Gasteiger partial charge in [0.25, 0.3) is 5.91 Å². The maximum Gasteiger partial charge on any atom is 0.274 e. The van der Waals surface area contributed by atoms with E-state index in [9.17, 15) is 17.6 Å². The monoisotopic (exact) mass is 482 g/mol. The molecule has 9 heteroatoms. The summed E-state index contributed by atoms with van der Waals surface area (Å²) in [5.41, 5.74) is 2.13. The molecule has 2 aromatic carbocycles. The molecular weight excluding hydrogens is 455 g/mol. The number of aromatic nitrogens is 2. The molecule has 3 aromatic rings. The fourth-order valence-corrected chi connectivity index (χ4v) is 6.18. The van der Waals surface area contributed by atoms with E-state index >= 15 is 0 Å². The second kappa shape index (κ2) is 9.31. The first-order valence-electron chi connectivity index (χ1n) is 11.6. The first-order chi connectivity index (χ1) is 16.4. The number of carbonyl (C=O) groups is 1. The van der Waals surface area contributed by atoms with Gasteiger partial charge in [0, 0.05) is 38.3 Å². The van der Waals surface area contributed by atoms with Crippen LogP contribution in [0.2, 0.25) is 0 Å². The highest BCUT2D eigenvalue weighted by molar-refractivity contribution is 7.89. The van der Waals surface area contributed by atoms with Crippen molar-refractivity contribution in [1.29, 1.82) is 0 Å². The zero-order chi connectivity index (χ0) is 23.7. The van der Waals surface area contributed by atoms with E-state index in [0.29, 0.717) is 24.6 Å². The van der Waals surface area contributed by atoms with E-state index in [1.54, 1.807) is 47.4 Å². The summed E-state index contributed by atoms with van der Waals surface area (Å²) < 4.78 is 42.9. The summed E-state index contributed by atoms with van der Waals surface area (Å²) in [6, 6.07) is 14.6. The molecule has 1 saturated heterocycles. The fraction of sp³-hybridized carbons (Fsp3) is 0.360. The molecule has 0 N–H and O–H groups in total. The minimum absolute atomic E-state index is 0.171. The van der Waals surface area contributed by atoms with Crippen LogP contribution in [0.3, 0.4) is 0 Å². The van der Waals surface area contributed by atoms with Crippen molar-refractivity contribution in [3.8, 4) is 11.4 Å². The van der Waals surface area contributed by atoms with Gasteiger partial charge in [0.15, 0.2) is 0 Å². The molecule has 0 bridgehead atoms. The molecule has 1 aromatic heterocycles. The summed E-state index contributed by atoms with van der Waals surface area (Å²) in [6.07, 6.45) is 3.82. The Bertz CT molecular complexity index is 1280. The number of halogens is 1. The lowest BCUT2D eigenvalue weighted by Crippen LogP contribution is -2.50. The number of sulfonamides is 1. The Kier molecular flexibility index (Phi) is 6.22. The van der Waals surface area contributed by atoms with Gasteiger partial charge in [-0.15, -0.1) is 0 Å². The van der Waals surface area contributed by atoms with Gasteiger partial charge in [-0.2, -0.15) is 4.31 Å². The highest BCUT2D eigenvalue weighted by atomic mass is 32.2. The second-order valence-electron chi connectivity index (χ2n) is 8.71. The summed E-state index contributed by atoms with van der Waals surface area (Å²) in [6.45, 7) is 1.87. The molecule has 0 unspecified atom stereocenters. The number of carbonyl (C=O) groups excluding carboxylic acids is 1. The van der Waals surface area contributed by atoms with Gasteiger partial charge in [0.2, 0.25) is 10.0 Å². The number of amides is 1. The molecule has 34 heavy (non-hydrogen) atoms. The molecule has 0 saturated carbocycles. The van der Waals surface area contributed by atoms with Crippen LogP contribution >= 0.6 is 0 Å². The van der Waals surface area contributed by atoms with Crippen LogP contribution in [0.25, 0.3) is 11.4 Å². The maximum absolute atomic E-state index is 13.5. The average molecular weight is 483 g/mol. The number of hydrogen-bond donors (Lipinski definition) is 0. The Morgan fingerprint density at radius 3 is 2.26 bits per heavy atom. The molecule has 0 spiro atoms.